The second-order valence-corrected chi connectivity index (χ2v) is 3.73. The highest BCUT2D eigenvalue weighted by atomic mass is 19.1. The third kappa shape index (κ3) is 2.21. The van der Waals surface area contributed by atoms with Gasteiger partial charge in [-0.25, -0.2) is 4.39 Å². The van der Waals surface area contributed by atoms with Crippen molar-refractivity contribution >= 4 is 5.69 Å². The molecule has 0 aliphatic rings. The highest BCUT2D eigenvalue weighted by molar-refractivity contribution is 5.52. The Bertz CT molecular complexity index is 543. The third-order valence-electron chi connectivity index (χ3n) is 2.57. The fourth-order valence-electron chi connectivity index (χ4n) is 1.67. The summed E-state index contributed by atoms with van der Waals surface area (Å²) in [5, 5.41) is 19.7. The van der Waals surface area contributed by atoms with Crippen LogP contribution in [-0.2, 0) is 0 Å². The van der Waals surface area contributed by atoms with Crippen LogP contribution in [0.1, 0.15) is 17.2 Å². The number of aromatic hydroxyl groups is 1. The first-order valence-electron chi connectivity index (χ1n) is 5.10. The average Bonchev–Trinajstić information content (AvgIpc) is 2.32. The van der Waals surface area contributed by atoms with Crippen LogP contribution >= 0.6 is 0 Å². The number of phenols is 1. The van der Waals surface area contributed by atoms with Gasteiger partial charge in [0.25, 0.3) is 0 Å². The standard InChI is InChI=1S/C13H12FNO2/c14-8-5-6-11(15)10(7-8)13(17)9-3-1-2-4-12(9)16/h1-7,13,16-17H,15H2. The minimum Gasteiger partial charge on any atom is -0.508 e. The zero-order valence-electron chi connectivity index (χ0n) is 8.97. The Morgan fingerprint density at radius 3 is 2.47 bits per heavy atom. The molecule has 0 saturated carbocycles. The van der Waals surface area contributed by atoms with Crippen molar-refractivity contribution in [1.29, 1.82) is 0 Å². The first kappa shape index (κ1) is 11.4. The zero-order valence-corrected chi connectivity index (χ0v) is 8.97. The predicted octanol–water partition coefficient (Wildman–Crippen LogP) is 2.20. The van der Waals surface area contributed by atoms with Crippen LogP contribution in [0.15, 0.2) is 42.5 Å². The number of aliphatic hydroxyl groups excluding tert-OH is 1. The molecule has 0 aliphatic heterocycles. The number of phenolic OH excluding ortho intramolecular Hbond substituents is 1. The maximum atomic E-state index is 13.1. The van der Waals surface area contributed by atoms with E-state index in [9.17, 15) is 14.6 Å². The van der Waals surface area contributed by atoms with Crippen LogP contribution in [0, 0.1) is 5.82 Å². The van der Waals surface area contributed by atoms with Crippen LogP contribution in [0.2, 0.25) is 0 Å². The molecule has 0 bridgehead atoms. The lowest BCUT2D eigenvalue weighted by molar-refractivity contribution is 0.216. The average molecular weight is 233 g/mol. The molecular weight excluding hydrogens is 221 g/mol. The summed E-state index contributed by atoms with van der Waals surface area (Å²) < 4.78 is 13.1. The van der Waals surface area contributed by atoms with Crippen molar-refractivity contribution in [3.05, 3.63) is 59.4 Å². The molecule has 17 heavy (non-hydrogen) atoms. The van der Waals surface area contributed by atoms with E-state index in [2.05, 4.69) is 0 Å². The third-order valence-corrected chi connectivity index (χ3v) is 2.57. The van der Waals surface area contributed by atoms with Crippen LogP contribution < -0.4 is 5.73 Å². The van der Waals surface area contributed by atoms with E-state index in [-0.39, 0.29) is 17.0 Å². The van der Waals surface area contributed by atoms with Crippen molar-refractivity contribution in [1.82, 2.24) is 0 Å². The molecule has 88 valence electrons. The lowest BCUT2D eigenvalue weighted by Crippen LogP contribution is -2.04. The quantitative estimate of drug-likeness (QED) is 0.696. The lowest BCUT2D eigenvalue weighted by Gasteiger charge is -2.15. The number of hydrogen-bond donors (Lipinski definition) is 3. The Morgan fingerprint density at radius 2 is 1.76 bits per heavy atom. The number of halogens is 1. The molecule has 0 fully saturated rings. The van der Waals surface area contributed by atoms with E-state index >= 15 is 0 Å². The summed E-state index contributed by atoms with van der Waals surface area (Å²) in [5.41, 5.74) is 6.49. The van der Waals surface area contributed by atoms with E-state index in [0.717, 1.165) is 6.07 Å². The molecule has 0 aliphatic carbocycles. The van der Waals surface area contributed by atoms with Crippen LogP contribution in [0.3, 0.4) is 0 Å². The monoisotopic (exact) mass is 233 g/mol. The summed E-state index contributed by atoms with van der Waals surface area (Å²) in [6.07, 6.45) is -1.15. The number of nitrogen functional groups attached to an aromatic ring is 1. The smallest absolute Gasteiger partial charge is 0.123 e. The van der Waals surface area contributed by atoms with Gasteiger partial charge in [-0.2, -0.15) is 0 Å². The van der Waals surface area contributed by atoms with Gasteiger partial charge in [0.2, 0.25) is 0 Å². The molecule has 3 nitrogen and oxygen atoms in total. The summed E-state index contributed by atoms with van der Waals surface area (Å²) in [6, 6.07) is 10.1. The maximum Gasteiger partial charge on any atom is 0.123 e. The van der Waals surface area contributed by atoms with Crippen LogP contribution in [0.4, 0.5) is 10.1 Å². The number of aliphatic hydroxyl groups is 1. The van der Waals surface area contributed by atoms with Gasteiger partial charge < -0.3 is 15.9 Å². The van der Waals surface area contributed by atoms with E-state index in [1.807, 2.05) is 0 Å². The summed E-state index contributed by atoms with van der Waals surface area (Å²) >= 11 is 0. The highest BCUT2D eigenvalue weighted by Gasteiger charge is 2.17. The van der Waals surface area contributed by atoms with E-state index in [1.165, 1.54) is 18.2 Å². The van der Waals surface area contributed by atoms with Crippen molar-refractivity contribution in [3.63, 3.8) is 0 Å². The molecule has 4 N–H and O–H groups in total. The fourth-order valence-corrected chi connectivity index (χ4v) is 1.67. The van der Waals surface area contributed by atoms with Gasteiger partial charge in [0.1, 0.15) is 17.7 Å². The van der Waals surface area contributed by atoms with Gasteiger partial charge >= 0.3 is 0 Å². The van der Waals surface area contributed by atoms with Gasteiger partial charge in [-0.3, -0.25) is 0 Å². The van der Waals surface area contributed by atoms with Crippen molar-refractivity contribution in [2.45, 2.75) is 6.10 Å². The van der Waals surface area contributed by atoms with Crippen molar-refractivity contribution < 1.29 is 14.6 Å². The normalized spacial score (nSPS) is 12.4. The molecule has 0 spiro atoms. The summed E-state index contributed by atoms with van der Waals surface area (Å²) in [4.78, 5) is 0. The fraction of sp³-hybridized carbons (Fsp3) is 0.0769. The van der Waals surface area contributed by atoms with Gasteiger partial charge in [0.05, 0.1) is 0 Å². The van der Waals surface area contributed by atoms with Gasteiger partial charge in [-0.15, -0.1) is 0 Å². The van der Waals surface area contributed by atoms with Gasteiger partial charge in [0.15, 0.2) is 0 Å². The molecule has 2 aromatic rings. The van der Waals surface area contributed by atoms with Gasteiger partial charge in [0, 0.05) is 16.8 Å². The van der Waals surface area contributed by atoms with Gasteiger partial charge in [-0.1, -0.05) is 18.2 Å². The Hall–Kier alpha value is -2.07. The van der Waals surface area contributed by atoms with Crippen LogP contribution in [0.5, 0.6) is 5.75 Å². The Balaban J connectivity index is 2.47. The van der Waals surface area contributed by atoms with Gasteiger partial charge in [-0.05, 0) is 24.3 Å². The zero-order chi connectivity index (χ0) is 12.4. The minimum atomic E-state index is -1.15. The van der Waals surface area contributed by atoms with Crippen molar-refractivity contribution in [2.75, 3.05) is 5.73 Å². The summed E-state index contributed by atoms with van der Waals surface area (Å²) in [7, 11) is 0. The SMILES string of the molecule is Nc1ccc(F)cc1C(O)c1ccccc1O. The first-order valence-corrected chi connectivity index (χ1v) is 5.10. The summed E-state index contributed by atoms with van der Waals surface area (Å²) in [5.74, 6) is -0.535. The molecule has 0 aromatic heterocycles. The molecule has 1 atom stereocenters. The highest BCUT2D eigenvalue weighted by Crippen LogP contribution is 2.32. The largest absolute Gasteiger partial charge is 0.508 e. The number of hydrogen-bond acceptors (Lipinski definition) is 3. The number of anilines is 1. The molecule has 0 saturated heterocycles. The van der Waals surface area contributed by atoms with Crippen molar-refractivity contribution in [2.24, 2.45) is 0 Å². The maximum absolute atomic E-state index is 13.1. The number of benzene rings is 2. The van der Waals surface area contributed by atoms with E-state index in [0.29, 0.717) is 5.56 Å². The molecule has 0 amide bonds. The van der Waals surface area contributed by atoms with Crippen molar-refractivity contribution in [3.8, 4) is 5.75 Å². The molecule has 2 aromatic carbocycles. The molecule has 0 radical (unpaired) electrons. The molecule has 4 heteroatoms. The number of nitrogens with two attached hydrogens (primary N) is 1. The predicted molar refractivity (Wildman–Crippen MR) is 63.0 cm³/mol. The first-order chi connectivity index (χ1) is 8.09. The van der Waals surface area contributed by atoms with E-state index < -0.39 is 11.9 Å². The Morgan fingerprint density at radius 1 is 1.06 bits per heavy atom. The second kappa shape index (κ2) is 4.43. The summed E-state index contributed by atoms with van der Waals surface area (Å²) in [6.45, 7) is 0. The van der Waals surface area contributed by atoms with E-state index in [4.69, 9.17) is 5.73 Å². The topological polar surface area (TPSA) is 66.5 Å². The molecule has 0 heterocycles. The second-order valence-electron chi connectivity index (χ2n) is 3.73. The van der Waals surface area contributed by atoms with Crippen LogP contribution in [0.25, 0.3) is 0 Å². The minimum absolute atomic E-state index is 0.0522. The Kier molecular flexibility index (Phi) is 2.97. The Labute approximate surface area is 97.9 Å². The van der Waals surface area contributed by atoms with E-state index in [1.54, 1.807) is 18.2 Å². The lowest BCUT2D eigenvalue weighted by atomic mass is 9.99. The number of para-hydroxylation sites is 1. The molecular formula is C13H12FNO2. The molecule has 1 unspecified atom stereocenters. The number of rotatable bonds is 2. The van der Waals surface area contributed by atoms with Crippen LogP contribution in [-0.4, -0.2) is 10.2 Å². The molecule has 2 rings (SSSR count).